The van der Waals surface area contributed by atoms with Gasteiger partial charge in [0.05, 0.1) is 12.1 Å². The predicted octanol–water partition coefficient (Wildman–Crippen LogP) is 1.61. The molecule has 3 heteroatoms. The Labute approximate surface area is 93.5 Å². The van der Waals surface area contributed by atoms with Crippen molar-refractivity contribution in [3.8, 4) is 6.07 Å². The highest BCUT2D eigenvalue weighted by Crippen LogP contribution is 2.09. The highest BCUT2D eigenvalue weighted by Gasteiger charge is 2.15. The van der Waals surface area contributed by atoms with Crippen LogP contribution in [0.1, 0.15) is 33.1 Å². The summed E-state index contributed by atoms with van der Waals surface area (Å²) in [5.74, 6) is 0.644. The Morgan fingerprint density at radius 3 is 2.60 bits per heavy atom. The van der Waals surface area contributed by atoms with E-state index >= 15 is 0 Å². The lowest BCUT2D eigenvalue weighted by Crippen LogP contribution is -2.35. The number of nitriles is 1. The molecule has 1 heterocycles. The Kier molecular flexibility index (Phi) is 5.67. The minimum atomic E-state index is 0.0334. The molecule has 1 fully saturated rings. The van der Waals surface area contributed by atoms with Crippen molar-refractivity contribution in [3.63, 3.8) is 0 Å². The highest BCUT2D eigenvalue weighted by molar-refractivity contribution is 4.88. The summed E-state index contributed by atoms with van der Waals surface area (Å²) in [6.07, 6.45) is 3.61. The summed E-state index contributed by atoms with van der Waals surface area (Å²) < 4.78 is 0. The maximum atomic E-state index is 8.80. The first-order valence-corrected chi connectivity index (χ1v) is 6.11. The van der Waals surface area contributed by atoms with Gasteiger partial charge < -0.3 is 10.2 Å². The van der Waals surface area contributed by atoms with Crippen molar-refractivity contribution < 1.29 is 0 Å². The molecule has 0 saturated carbocycles. The zero-order valence-electron chi connectivity index (χ0n) is 10.00. The average Bonchev–Trinajstić information content (AvgIpc) is 2.72. The second-order valence-electron chi connectivity index (χ2n) is 4.61. The van der Waals surface area contributed by atoms with Gasteiger partial charge in [0.1, 0.15) is 0 Å². The fourth-order valence-electron chi connectivity index (χ4n) is 2.10. The summed E-state index contributed by atoms with van der Waals surface area (Å²) in [7, 11) is 0. The SMILES string of the molecule is CCC(C#N)NCC(C)CN1CCCC1. The van der Waals surface area contributed by atoms with E-state index < -0.39 is 0 Å². The van der Waals surface area contributed by atoms with Crippen LogP contribution in [0.3, 0.4) is 0 Å². The third kappa shape index (κ3) is 4.63. The first-order valence-electron chi connectivity index (χ1n) is 6.11. The molecule has 1 rings (SSSR count). The normalized spacial score (nSPS) is 21.1. The van der Waals surface area contributed by atoms with E-state index in [4.69, 9.17) is 5.26 Å². The van der Waals surface area contributed by atoms with E-state index in [2.05, 4.69) is 23.2 Å². The lowest BCUT2D eigenvalue weighted by atomic mass is 10.1. The van der Waals surface area contributed by atoms with Crippen molar-refractivity contribution in [2.45, 2.75) is 39.2 Å². The summed E-state index contributed by atoms with van der Waals surface area (Å²) in [6, 6.07) is 2.31. The Morgan fingerprint density at radius 2 is 2.07 bits per heavy atom. The van der Waals surface area contributed by atoms with E-state index in [1.165, 1.54) is 32.5 Å². The fraction of sp³-hybridized carbons (Fsp3) is 0.917. The van der Waals surface area contributed by atoms with E-state index in [9.17, 15) is 0 Å². The summed E-state index contributed by atoms with van der Waals surface area (Å²) >= 11 is 0. The van der Waals surface area contributed by atoms with Gasteiger partial charge in [-0.3, -0.25) is 0 Å². The maximum Gasteiger partial charge on any atom is 0.0950 e. The van der Waals surface area contributed by atoms with E-state index in [0.717, 1.165) is 13.0 Å². The summed E-state index contributed by atoms with van der Waals surface area (Å²) in [5.41, 5.74) is 0. The molecular formula is C12H23N3. The molecule has 1 aliphatic rings. The summed E-state index contributed by atoms with van der Waals surface area (Å²) in [5, 5.41) is 12.1. The quantitative estimate of drug-likeness (QED) is 0.722. The Bertz CT molecular complexity index is 203. The van der Waals surface area contributed by atoms with Crippen molar-refractivity contribution in [1.82, 2.24) is 10.2 Å². The molecule has 0 radical (unpaired) electrons. The van der Waals surface area contributed by atoms with Crippen LogP contribution in [0.25, 0.3) is 0 Å². The van der Waals surface area contributed by atoms with Gasteiger partial charge in [-0.25, -0.2) is 0 Å². The molecule has 0 aromatic rings. The Balaban J connectivity index is 2.12. The van der Waals surface area contributed by atoms with Crippen LogP contribution in [0.15, 0.2) is 0 Å². The first-order chi connectivity index (χ1) is 7.26. The van der Waals surface area contributed by atoms with Gasteiger partial charge in [0, 0.05) is 13.1 Å². The number of nitrogens with zero attached hydrogens (tertiary/aromatic N) is 2. The van der Waals surface area contributed by atoms with Crippen LogP contribution in [-0.4, -0.2) is 37.1 Å². The average molecular weight is 209 g/mol. The van der Waals surface area contributed by atoms with Gasteiger partial charge in [0.2, 0.25) is 0 Å². The van der Waals surface area contributed by atoms with E-state index in [1.807, 2.05) is 6.92 Å². The number of nitrogens with one attached hydrogen (secondary N) is 1. The lowest BCUT2D eigenvalue weighted by Gasteiger charge is -2.21. The molecule has 0 aromatic heterocycles. The molecule has 3 nitrogen and oxygen atoms in total. The molecule has 86 valence electrons. The van der Waals surface area contributed by atoms with Gasteiger partial charge in [0.15, 0.2) is 0 Å². The molecule has 0 spiro atoms. The second-order valence-corrected chi connectivity index (χ2v) is 4.61. The van der Waals surface area contributed by atoms with Crippen LogP contribution in [0.2, 0.25) is 0 Å². The number of hydrogen-bond acceptors (Lipinski definition) is 3. The minimum absolute atomic E-state index is 0.0334. The molecular weight excluding hydrogens is 186 g/mol. The van der Waals surface area contributed by atoms with Crippen molar-refractivity contribution in [1.29, 1.82) is 5.26 Å². The van der Waals surface area contributed by atoms with Crippen molar-refractivity contribution in [2.75, 3.05) is 26.2 Å². The zero-order chi connectivity index (χ0) is 11.1. The molecule has 1 aliphatic heterocycles. The molecule has 2 atom stereocenters. The summed E-state index contributed by atoms with van der Waals surface area (Å²) in [4.78, 5) is 2.53. The first kappa shape index (κ1) is 12.5. The second kappa shape index (κ2) is 6.81. The largest absolute Gasteiger partial charge is 0.303 e. The standard InChI is InChI=1S/C12H23N3/c1-3-12(8-13)14-9-11(2)10-15-6-4-5-7-15/h11-12,14H,3-7,9-10H2,1-2H3. The predicted molar refractivity (Wildman–Crippen MR) is 62.5 cm³/mol. The van der Waals surface area contributed by atoms with Gasteiger partial charge >= 0.3 is 0 Å². The third-order valence-corrected chi connectivity index (χ3v) is 3.05. The van der Waals surface area contributed by atoms with Gasteiger partial charge in [0.25, 0.3) is 0 Å². The summed E-state index contributed by atoms with van der Waals surface area (Å²) in [6.45, 7) is 8.97. The van der Waals surface area contributed by atoms with Crippen LogP contribution in [0.5, 0.6) is 0 Å². The minimum Gasteiger partial charge on any atom is -0.303 e. The van der Waals surface area contributed by atoms with Crippen LogP contribution >= 0.6 is 0 Å². The topological polar surface area (TPSA) is 39.1 Å². The molecule has 15 heavy (non-hydrogen) atoms. The van der Waals surface area contributed by atoms with Crippen LogP contribution in [0, 0.1) is 17.2 Å². The van der Waals surface area contributed by atoms with E-state index in [1.54, 1.807) is 0 Å². The van der Waals surface area contributed by atoms with Gasteiger partial charge in [-0.05, 0) is 38.3 Å². The molecule has 0 aliphatic carbocycles. The molecule has 0 amide bonds. The van der Waals surface area contributed by atoms with Crippen LogP contribution in [0.4, 0.5) is 0 Å². The molecule has 0 bridgehead atoms. The van der Waals surface area contributed by atoms with E-state index in [0.29, 0.717) is 5.92 Å². The molecule has 2 unspecified atom stereocenters. The zero-order valence-corrected chi connectivity index (χ0v) is 10.00. The van der Waals surface area contributed by atoms with Crippen molar-refractivity contribution >= 4 is 0 Å². The monoisotopic (exact) mass is 209 g/mol. The molecule has 1 N–H and O–H groups in total. The van der Waals surface area contributed by atoms with Crippen LogP contribution < -0.4 is 5.32 Å². The van der Waals surface area contributed by atoms with Gasteiger partial charge in [-0.1, -0.05) is 13.8 Å². The number of rotatable bonds is 6. The Morgan fingerprint density at radius 1 is 1.40 bits per heavy atom. The molecule has 1 saturated heterocycles. The molecule has 0 aromatic carbocycles. The van der Waals surface area contributed by atoms with Crippen molar-refractivity contribution in [3.05, 3.63) is 0 Å². The lowest BCUT2D eigenvalue weighted by molar-refractivity contribution is 0.280. The van der Waals surface area contributed by atoms with Crippen LogP contribution in [-0.2, 0) is 0 Å². The third-order valence-electron chi connectivity index (χ3n) is 3.05. The van der Waals surface area contributed by atoms with Crippen molar-refractivity contribution in [2.24, 2.45) is 5.92 Å². The van der Waals surface area contributed by atoms with Gasteiger partial charge in [-0.2, -0.15) is 5.26 Å². The highest BCUT2D eigenvalue weighted by atomic mass is 15.1. The Hall–Kier alpha value is -0.590. The number of likely N-dealkylation sites (tertiary alicyclic amines) is 1. The fourth-order valence-corrected chi connectivity index (χ4v) is 2.10. The van der Waals surface area contributed by atoms with E-state index in [-0.39, 0.29) is 6.04 Å². The number of hydrogen-bond donors (Lipinski definition) is 1. The smallest absolute Gasteiger partial charge is 0.0950 e. The maximum absolute atomic E-state index is 8.80. The van der Waals surface area contributed by atoms with Gasteiger partial charge in [-0.15, -0.1) is 0 Å².